The maximum Gasteiger partial charge on any atom is 0.328 e. The van der Waals surface area contributed by atoms with Gasteiger partial charge in [-0.25, -0.2) is 9.78 Å². The average Bonchev–Trinajstić information content (AvgIpc) is 3.19. The van der Waals surface area contributed by atoms with Crippen molar-refractivity contribution in [2.45, 2.75) is 25.3 Å². The Hall–Kier alpha value is -3.94. The number of aromatic amines is 2. The third kappa shape index (κ3) is 4.48. The van der Waals surface area contributed by atoms with E-state index in [9.17, 15) is 14.4 Å². The summed E-state index contributed by atoms with van der Waals surface area (Å²) in [4.78, 5) is 47.3. The van der Waals surface area contributed by atoms with Crippen LogP contribution in [0, 0.1) is 0 Å². The molecule has 0 fully saturated rings. The number of rotatable bonds is 7. The number of aryl methyl sites for hydroxylation is 1. The fourth-order valence-electron chi connectivity index (χ4n) is 3.61. The number of fused-ring (bicyclic) bond motifs is 2. The summed E-state index contributed by atoms with van der Waals surface area (Å²) in [7, 11) is 1.29. The van der Waals surface area contributed by atoms with Crippen LogP contribution in [0.15, 0.2) is 59.5 Å². The van der Waals surface area contributed by atoms with Gasteiger partial charge in [0.1, 0.15) is 11.9 Å². The van der Waals surface area contributed by atoms with Gasteiger partial charge in [0.05, 0.1) is 18.0 Å². The van der Waals surface area contributed by atoms with Crippen molar-refractivity contribution < 1.29 is 14.3 Å². The molecule has 8 heteroatoms. The molecule has 4 aromatic rings. The highest BCUT2D eigenvalue weighted by Crippen LogP contribution is 2.19. The Bertz CT molecular complexity index is 1310. The number of methoxy groups -OCH3 is 1. The quantitative estimate of drug-likeness (QED) is 0.398. The normalized spacial score (nSPS) is 12.0. The summed E-state index contributed by atoms with van der Waals surface area (Å²) in [5, 5.41) is 4.24. The van der Waals surface area contributed by atoms with E-state index in [2.05, 4.69) is 20.3 Å². The highest BCUT2D eigenvalue weighted by atomic mass is 16.5. The summed E-state index contributed by atoms with van der Waals surface area (Å²) < 4.78 is 4.88. The summed E-state index contributed by atoms with van der Waals surface area (Å²) in [6, 6.07) is 14.0. The number of esters is 1. The Morgan fingerprint density at radius 1 is 1.10 bits per heavy atom. The fourth-order valence-corrected chi connectivity index (χ4v) is 3.61. The molecule has 3 N–H and O–H groups in total. The molecular weight excluding hydrogens is 396 g/mol. The lowest BCUT2D eigenvalue weighted by atomic mass is 10.0. The summed E-state index contributed by atoms with van der Waals surface area (Å²) in [5.41, 5.74) is 2.20. The molecule has 4 rings (SSSR count). The molecule has 2 heterocycles. The van der Waals surface area contributed by atoms with Gasteiger partial charge < -0.3 is 20.0 Å². The van der Waals surface area contributed by atoms with Gasteiger partial charge in [-0.05, 0) is 23.8 Å². The van der Waals surface area contributed by atoms with Crippen LogP contribution in [0.25, 0.3) is 21.8 Å². The van der Waals surface area contributed by atoms with E-state index in [0.717, 1.165) is 16.5 Å². The molecule has 31 heavy (non-hydrogen) atoms. The molecule has 0 aliphatic carbocycles. The number of H-pyrrole nitrogens is 2. The zero-order valence-electron chi connectivity index (χ0n) is 17.0. The minimum atomic E-state index is -0.819. The molecule has 0 aliphatic rings. The molecule has 0 spiro atoms. The molecule has 2 aromatic carbocycles. The molecule has 1 amide bonds. The second kappa shape index (κ2) is 8.83. The largest absolute Gasteiger partial charge is 0.467 e. The molecule has 0 radical (unpaired) electrons. The van der Waals surface area contributed by atoms with Gasteiger partial charge in [-0.15, -0.1) is 0 Å². The summed E-state index contributed by atoms with van der Waals surface area (Å²) in [5.74, 6) is -0.424. The number of aromatic nitrogens is 3. The van der Waals surface area contributed by atoms with Crippen LogP contribution in [-0.4, -0.2) is 40.0 Å². The predicted molar refractivity (Wildman–Crippen MR) is 117 cm³/mol. The maximum atomic E-state index is 12.5. The highest BCUT2D eigenvalue weighted by Gasteiger charge is 2.23. The van der Waals surface area contributed by atoms with E-state index in [-0.39, 0.29) is 24.3 Å². The summed E-state index contributed by atoms with van der Waals surface area (Å²) in [6.07, 6.45) is 2.44. The monoisotopic (exact) mass is 418 g/mol. The lowest BCUT2D eigenvalue weighted by Gasteiger charge is -2.16. The second-order valence-corrected chi connectivity index (χ2v) is 7.24. The van der Waals surface area contributed by atoms with Crippen LogP contribution in [0.2, 0.25) is 0 Å². The van der Waals surface area contributed by atoms with Gasteiger partial charge in [0, 0.05) is 36.4 Å². The zero-order valence-corrected chi connectivity index (χ0v) is 17.0. The standard InChI is InChI=1S/C23H22N4O4/c1-31-23(30)19(12-14-13-24-17-8-4-2-6-15(14)17)26-21(28)11-10-20-25-18-9-5-3-7-16(18)22(29)27-20/h2-9,13,19,24H,10-12H2,1H3,(H,26,28)(H,25,27,29). The first kappa shape index (κ1) is 20.3. The minimum absolute atomic E-state index is 0.0721. The summed E-state index contributed by atoms with van der Waals surface area (Å²) >= 11 is 0. The van der Waals surface area contributed by atoms with E-state index < -0.39 is 12.0 Å². The van der Waals surface area contributed by atoms with Crippen molar-refractivity contribution in [2.24, 2.45) is 0 Å². The number of benzene rings is 2. The van der Waals surface area contributed by atoms with E-state index >= 15 is 0 Å². The van der Waals surface area contributed by atoms with Gasteiger partial charge in [0.25, 0.3) is 5.56 Å². The highest BCUT2D eigenvalue weighted by molar-refractivity contribution is 5.87. The Morgan fingerprint density at radius 2 is 1.84 bits per heavy atom. The van der Waals surface area contributed by atoms with E-state index in [1.165, 1.54) is 7.11 Å². The number of hydrogen-bond donors (Lipinski definition) is 3. The van der Waals surface area contributed by atoms with Crippen LogP contribution in [0.5, 0.6) is 0 Å². The van der Waals surface area contributed by atoms with Crippen molar-refractivity contribution in [3.05, 3.63) is 76.5 Å². The molecule has 1 unspecified atom stereocenters. The number of amides is 1. The van der Waals surface area contributed by atoms with Gasteiger partial charge in [-0.1, -0.05) is 30.3 Å². The van der Waals surface area contributed by atoms with Crippen LogP contribution in [0.3, 0.4) is 0 Å². The second-order valence-electron chi connectivity index (χ2n) is 7.24. The van der Waals surface area contributed by atoms with E-state index in [0.29, 0.717) is 23.1 Å². The first-order valence-corrected chi connectivity index (χ1v) is 9.95. The number of nitrogens with zero attached hydrogens (tertiary/aromatic N) is 1. The number of para-hydroxylation sites is 2. The van der Waals surface area contributed by atoms with Gasteiger partial charge in [0.2, 0.25) is 5.91 Å². The Balaban J connectivity index is 1.44. The van der Waals surface area contributed by atoms with Crippen LogP contribution in [-0.2, 0) is 27.2 Å². The molecule has 1 atom stereocenters. The maximum absolute atomic E-state index is 12.5. The van der Waals surface area contributed by atoms with Gasteiger partial charge in [-0.2, -0.15) is 0 Å². The number of carbonyl (C=O) groups excluding carboxylic acids is 2. The van der Waals surface area contributed by atoms with Gasteiger partial charge >= 0.3 is 5.97 Å². The van der Waals surface area contributed by atoms with Crippen molar-refractivity contribution in [2.75, 3.05) is 7.11 Å². The van der Waals surface area contributed by atoms with Crippen LogP contribution in [0.1, 0.15) is 17.8 Å². The zero-order chi connectivity index (χ0) is 21.8. The van der Waals surface area contributed by atoms with Crippen LogP contribution in [0.4, 0.5) is 0 Å². The Morgan fingerprint density at radius 3 is 2.65 bits per heavy atom. The minimum Gasteiger partial charge on any atom is -0.467 e. The number of nitrogens with one attached hydrogen (secondary N) is 3. The number of carbonyl (C=O) groups is 2. The van der Waals surface area contributed by atoms with Crippen molar-refractivity contribution in [1.82, 2.24) is 20.3 Å². The first-order chi connectivity index (χ1) is 15.0. The third-order valence-corrected chi connectivity index (χ3v) is 5.17. The molecule has 0 bridgehead atoms. The third-order valence-electron chi connectivity index (χ3n) is 5.17. The van der Waals surface area contributed by atoms with Crippen LogP contribution >= 0.6 is 0 Å². The first-order valence-electron chi connectivity index (χ1n) is 9.95. The van der Waals surface area contributed by atoms with E-state index in [1.54, 1.807) is 24.3 Å². The van der Waals surface area contributed by atoms with Crippen molar-refractivity contribution in [3.63, 3.8) is 0 Å². The van der Waals surface area contributed by atoms with E-state index in [1.807, 2.05) is 30.5 Å². The lowest BCUT2D eigenvalue weighted by molar-refractivity contribution is -0.145. The number of ether oxygens (including phenoxy) is 1. The smallest absolute Gasteiger partial charge is 0.328 e. The van der Waals surface area contributed by atoms with Gasteiger partial charge in [-0.3, -0.25) is 9.59 Å². The van der Waals surface area contributed by atoms with Crippen molar-refractivity contribution >= 4 is 33.7 Å². The molecule has 8 nitrogen and oxygen atoms in total. The molecule has 0 saturated carbocycles. The molecule has 0 aliphatic heterocycles. The van der Waals surface area contributed by atoms with Crippen molar-refractivity contribution in [1.29, 1.82) is 0 Å². The Labute approximate surface area is 177 Å². The molecule has 2 aromatic heterocycles. The SMILES string of the molecule is COC(=O)C(Cc1c[nH]c2ccccc12)NC(=O)CCc1nc2ccccc2c(=O)[nH]1. The summed E-state index contributed by atoms with van der Waals surface area (Å²) in [6.45, 7) is 0. The topological polar surface area (TPSA) is 117 Å². The molecular formula is C23H22N4O4. The average molecular weight is 418 g/mol. The fraction of sp³-hybridized carbons (Fsp3) is 0.217. The predicted octanol–water partition coefficient (Wildman–Crippen LogP) is 2.24. The van der Waals surface area contributed by atoms with E-state index in [4.69, 9.17) is 4.74 Å². The van der Waals surface area contributed by atoms with Gasteiger partial charge in [0.15, 0.2) is 0 Å². The lowest BCUT2D eigenvalue weighted by Crippen LogP contribution is -2.43. The molecule has 158 valence electrons. The van der Waals surface area contributed by atoms with Crippen LogP contribution < -0.4 is 10.9 Å². The number of hydrogen-bond acceptors (Lipinski definition) is 5. The molecule has 0 saturated heterocycles. The van der Waals surface area contributed by atoms with Crippen molar-refractivity contribution in [3.8, 4) is 0 Å². The Kier molecular flexibility index (Phi) is 5.79.